The van der Waals surface area contributed by atoms with Gasteiger partial charge < -0.3 is 10.4 Å². The predicted octanol–water partition coefficient (Wildman–Crippen LogP) is 3.08. The number of amides is 1. The number of hydrogen-bond donors (Lipinski definition) is 2. The largest absolute Gasteiger partial charge is 0.384 e. The fraction of sp³-hybridized carbons (Fsp3) is 0.471. The van der Waals surface area contributed by atoms with Gasteiger partial charge in [-0.05, 0) is 37.5 Å². The summed E-state index contributed by atoms with van der Waals surface area (Å²) in [5.74, 6) is 4.42. The molecule has 112 valence electrons. The Labute approximate surface area is 124 Å². The summed E-state index contributed by atoms with van der Waals surface area (Å²) in [7, 11) is 0. The second-order valence-electron chi connectivity index (χ2n) is 5.45. The Hall–Kier alpha value is -1.86. The third kappa shape index (κ3) is 3.43. The van der Waals surface area contributed by atoms with Crippen molar-refractivity contribution in [3.05, 3.63) is 29.6 Å². The molecule has 1 saturated carbocycles. The molecule has 1 aliphatic rings. The molecule has 0 radical (unpaired) electrons. The zero-order chi connectivity index (χ0) is 15.3. The molecule has 0 unspecified atom stereocenters. The van der Waals surface area contributed by atoms with Crippen molar-refractivity contribution in [1.82, 2.24) is 0 Å². The Balaban J connectivity index is 2.13. The van der Waals surface area contributed by atoms with E-state index in [-0.39, 0.29) is 23.5 Å². The van der Waals surface area contributed by atoms with Crippen LogP contribution in [0.3, 0.4) is 0 Å². The van der Waals surface area contributed by atoms with E-state index in [1.54, 1.807) is 6.07 Å². The van der Waals surface area contributed by atoms with Crippen molar-refractivity contribution < 1.29 is 14.3 Å². The van der Waals surface area contributed by atoms with Gasteiger partial charge in [-0.1, -0.05) is 31.6 Å². The van der Waals surface area contributed by atoms with Crippen LogP contribution in [0, 0.1) is 23.1 Å². The van der Waals surface area contributed by atoms with Gasteiger partial charge in [-0.25, -0.2) is 4.39 Å². The van der Waals surface area contributed by atoms with Crippen LogP contribution in [0.4, 0.5) is 10.1 Å². The van der Waals surface area contributed by atoms with Gasteiger partial charge >= 0.3 is 0 Å². The molecule has 0 bridgehead atoms. The summed E-state index contributed by atoms with van der Waals surface area (Å²) in [5.41, 5.74) is 0.367. The maximum atomic E-state index is 13.8. The molecule has 1 fully saturated rings. The molecule has 21 heavy (non-hydrogen) atoms. The Morgan fingerprint density at radius 3 is 2.71 bits per heavy atom. The van der Waals surface area contributed by atoms with Crippen LogP contribution < -0.4 is 5.32 Å². The first-order valence-electron chi connectivity index (χ1n) is 7.32. The van der Waals surface area contributed by atoms with Crippen LogP contribution in [0.5, 0.6) is 0 Å². The lowest BCUT2D eigenvalue weighted by atomic mass is 9.82. The Morgan fingerprint density at radius 1 is 1.43 bits per heavy atom. The zero-order valence-electron chi connectivity index (χ0n) is 12.2. The first-order chi connectivity index (χ1) is 10.1. The fourth-order valence-electron chi connectivity index (χ4n) is 2.89. The van der Waals surface area contributed by atoms with Crippen LogP contribution >= 0.6 is 0 Å². The minimum absolute atomic E-state index is 0.0175. The number of aliphatic hydroxyl groups excluding tert-OH is 1. The van der Waals surface area contributed by atoms with Crippen molar-refractivity contribution >= 4 is 11.6 Å². The highest BCUT2D eigenvalue weighted by atomic mass is 19.1. The van der Waals surface area contributed by atoms with Gasteiger partial charge in [0.15, 0.2) is 0 Å². The average molecular weight is 289 g/mol. The van der Waals surface area contributed by atoms with E-state index in [1.807, 2.05) is 6.92 Å². The topological polar surface area (TPSA) is 49.3 Å². The van der Waals surface area contributed by atoms with Crippen LogP contribution in [-0.2, 0) is 4.79 Å². The summed E-state index contributed by atoms with van der Waals surface area (Å²) in [4.78, 5) is 12.4. The third-order valence-electron chi connectivity index (χ3n) is 4.25. The van der Waals surface area contributed by atoms with E-state index in [9.17, 15) is 9.18 Å². The maximum absolute atomic E-state index is 13.8. The number of hydrogen-bond acceptors (Lipinski definition) is 2. The zero-order valence-corrected chi connectivity index (χ0v) is 12.2. The van der Waals surface area contributed by atoms with E-state index in [4.69, 9.17) is 5.11 Å². The summed E-state index contributed by atoms with van der Waals surface area (Å²) in [5, 5.41) is 11.4. The lowest BCUT2D eigenvalue weighted by Crippen LogP contribution is -2.33. The smallest absolute Gasteiger partial charge is 0.230 e. The van der Waals surface area contributed by atoms with Crippen molar-refractivity contribution in [2.45, 2.75) is 39.0 Å². The second kappa shape index (κ2) is 6.73. The average Bonchev–Trinajstić information content (AvgIpc) is 2.96. The molecule has 0 saturated heterocycles. The van der Waals surface area contributed by atoms with E-state index in [2.05, 4.69) is 17.2 Å². The first kappa shape index (κ1) is 15.5. The summed E-state index contributed by atoms with van der Waals surface area (Å²) < 4.78 is 13.8. The summed E-state index contributed by atoms with van der Waals surface area (Å²) in [6.07, 6.45) is 4.76. The van der Waals surface area contributed by atoms with E-state index in [1.165, 1.54) is 12.1 Å². The normalized spacial score (nSPS) is 16.1. The number of aliphatic hydroxyl groups is 1. The standard InChI is InChI=1S/C17H20FNO2/c1-2-17(9-3-4-10-17)16(21)19-14-8-7-13(6-5-11-20)15(18)12-14/h7-8,12,20H,2-4,9-11H2,1H3,(H,19,21). The van der Waals surface area contributed by atoms with Gasteiger partial charge in [-0.2, -0.15) is 0 Å². The molecule has 1 amide bonds. The summed E-state index contributed by atoms with van der Waals surface area (Å²) in [6, 6.07) is 4.43. The summed E-state index contributed by atoms with van der Waals surface area (Å²) >= 11 is 0. The third-order valence-corrected chi connectivity index (χ3v) is 4.25. The lowest BCUT2D eigenvalue weighted by molar-refractivity contribution is -0.125. The van der Waals surface area contributed by atoms with Crippen molar-refractivity contribution in [3.63, 3.8) is 0 Å². The van der Waals surface area contributed by atoms with Gasteiger partial charge in [-0.15, -0.1) is 0 Å². The second-order valence-corrected chi connectivity index (χ2v) is 5.45. The number of carbonyl (C=O) groups is 1. The molecule has 3 nitrogen and oxygen atoms in total. The van der Waals surface area contributed by atoms with Gasteiger partial charge in [0.05, 0.1) is 5.56 Å². The van der Waals surface area contributed by atoms with Crippen molar-refractivity contribution in [2.75, 3.05) is 11.9 Å². The predicted molar refractivity (Wildman–Crippen MR) is 80.2 cm³/mol. The molecule has 0 atom stereocenters. The van der Waals surface area contributed by atoms with Gasteiger partial charge in [-0.3, -0.25) is 4.79 Å². The number of benzene rings is 1. The highest BCUT2D eigenvalue weighted by molar-refractivity contribution is 5.95. The molecular weight excluding hydrogens is 269 g/mol. The number of rotatable bonds is 3. The van der Waals surface area contributed by atoms with E-state index < -0.39 is 5.82 Å². The highest BCUT2D eigenvalue weighted by Crippen LogP contribution is 2.41. The monoisotopic (exact) mass is 289 g/mol. The molecule has 0 heterocycles. The molecule has 4 heteroatoms. The minimum atomic E-state index is -0.495. The number of nitrogens with one attached hydrogen (secondary N) is 1. The molecule has 0 spiro atoms. The molecule has 0 aromatic heterocycles. The van der Waals surface area contributed by atoms with Gasteiger partial charge in [0, 0.05) is 11.1 Å². The number of halogens is 1. The van der Waals surface area contributed by atoms with Crippen LogP contribution in [0.2, 0.25) is 0 Å². The lowest BCUT2D eigenvalue weighted by Gasteiger charge is -2.26. The molecule has 1 aromatic carbocycles. The Bertz CT molecular complexity index is 580. The van der Waals surface area contributed by atoms with Crippen LogP contribution in [0.25, 0.3) is 0 Å². The fourth-order valence-corrected chi connectivity index (χ4v) is 2.89. The SMILES string of the molecule is CCC1(C(=O)Nc2ccc(C#CCO)c(F)c2)CCCC1. The van der Waals surface area contributed by atoms with Crippen molar-refractivity contribution in [3.8, 4) is 11.8 Å². The Morgan fingerprint density at radius 2 is 2.14 bits per heavy atom. The van der Waals surface area contributed by atoms with Crippen LogP contribution in [0.15, 0.2) is 18.2 Å². The minimum Gasteiger partial charge on any atom is -0.384 e. The van der Waals surface area contributed by atoms with E-state index in [0.29, 0.717) is 5.69 Å². The van der Waals surface area contributed by atoms with Gasteiger partial charge in [0.2, 0.25) is 5.91 Å². The van der Waals surface area contributed by atoms with Crippen LogP contribution in [0.1, 0.15) is 44.6 Å². The maximum Gasteiger partial charge on any atom is 0.230 e. The Kier molecular flexibility index (Phi) is 4.98. The van der Waals surface area contributed by atoms with Crippen LogP contribution in [-0.4, -0.2) is 17.6 Å². The quantitative estimate of drug-likeness (QED) is 0.840. The van der Waals surface area contributed by atoms with E-state index >= 15 is 0 Å². The first-order valence-corrected chi connectivity index (χ1v) is 7.32. The highest BCUT2D eigenvalue weighted by Gasteiger charge is 2.39. The molecule has 0 aliphatic heterocycles. The van der Waals surface area contributed by atoms with Gasteiger partial charge in [0.25, 0.3) is 0 Å². The van der Waals surface area contributed by atoms with Crippen molar-refractivity contribution in [2.24, 2.45) is 5.41 Å². The number of carbonyl (C=O) groups excluding carboxylic acids is 1. The molecular formula is C17H20FNO2. The van der Waals surface area contributed by atoms with E-state index in [0.717, 1.165) is 32.1 Å². The molecule has 2 N–H and O–H groups in total. The van der Waals surface area contributed by atoms with Crippen molar-refractivity contribution in [1.29, 1.82) is 0 Å². The molecule has 1 aromatic rings. The summed E-state index contributed by atoms with van der Waals surface area (Å²) in [6.45, 7) is 1.72. The molecule has 2 rings (SSSR count). The van der Waals surface area contributed by atoms with Gasteiger partial charge in [0.1, 0.15) is 12.4 Å². The number of anilines is 1. The molecule has 1 aliphatic carbocycles.